The summed E-state index contributed by atoms with van der Waals surface area (Å²) in [6.07, 6.45) is 1.76. The van der Waals surface area contributed by atoms with Gasteiger partial charge in [-0.05, 0) is 22.9 Å². The van der Waals surface area contributed by atoms with Crippen LogP contribution in [-0.4, -0.2) is 71.9 Å². The maximum absolute atomic E-state index is 12.9. The summed E-state index contributed by atoms with van der Waals surface area (Å²) < 4.78 is 1.64. The molecule has 0 aliphatic carbocycles. The van der Waals surface area contributed by atoms with Crippen molar-refractivity contribution in [2.75, 3.05) is 26.2 Å². The molecule has 0 unspecified atom stereocenters. The Morgan fingerprint density at radius 1 is 0.909 bits per heavy atom. The summed E-state index contributed by atoms with van der Waals surface area (Å²) in [5.74, 6) is 0.483. The summed E-state index contributed by atoms with van der Waals surface area (Å²) in [5.41, 5.74) is 2.42. The second-order valence-electron chi connectivity index (χ2n) is 7.89. The number of nitrogens with zero attached hydrogens (tertiary/aromatic N) is 8. The Bertz CT molecular complexity index is 1230. The fourth-order valence-corrected chi connectivity index (χ4v) is 4.02. The minimum atomic E-state index is -0.0670. The first kappa shape index (κ1) is 21.3. The van der Waals surface area contributed by atoms with Crippen molar-refractivity contribution in [2.24, 2.45) is 0 Å². The van der Waals surface area contributed by atoms with E-state index in [2.05, 4.69) is 25.4 Å². The molecule has 0 spiro atoms. The molecule has 9 nitrogen and oxygen atoms in total. The summed E-state index contributed by atoms with van der Waals surface area (Å²) in [6.45, 7) is 3.96. The molecule has 10 heteroatoms. The van der Waals surface area contributed by atoms with Crippen LogP contribution >= 0.6 is 11.6 Å². The van der Waals surface area contributed by atoms with Crippen molar-refractivity contribution < 1.29 is 4.79 Å². The van der Waals surface area contributed by atoms with E-state index in [-0.39, 0.29) is 12.6 Å². The Morgan fingerprint density at radius 2 is 1.67 bits per heavy atom. The number of rotatable bonds is 6. The van der Waals surface area contributed by atoms with Crippen LogP contribution in [-0.2, 0) is 13.2 Å². The minimum absolute atomic E-state index is 0.0670. The predicted molar refractivity (Wildman–Crippen MR) is 124 cm³/mol. The number of halogens is 1. The lowest BCUT2D eigenvalue weighted by Crippen LogP contribution is -2.48. The van der Waals surface area contributed by atoms with E-state index in [4.69, 9.17) is 11.6 Å². The third-order valence-electron chi connectivity index (χ3n) is 5.63. The zero-order valence-corrected chi connectivity index (χ0v) is 18.7. The van der Waals surface area contributed by atoms with Gasteiger partial charge in [-0.3, -0.25) is 9.69 Å². The quantitative estimate of drug-likeness (QED) is 0.438. The molecule has 1 aliphatic heterocycles. The molecule has 168 valence electrons. The van der Waals surface area contributed by atoms with Gasteiger partial charge in [-0.15, -0.1) is 15.0 Å². The molecule has 2 aromatic heterocycles. The summed E-state index contributed by atoms with van der Waals surface area (Å²) in [5, 5.41) is 17.8. The van der Waals surface area contributed by atoms with Gasteiger partial charge in [0.05, 0.1) is 0 Å². The van der Waals surface area contributed by atoms with Gasteiger partial charge in [0, 0.05) is 49.5 Å². The van der Waals surface area contributed by atoms with Gasteiger partial charge in [-0.25, -0.2) is 4.68 Å². The number of amides is 1. The fraction of sp³-hybridized carbons (Fsp3) is 0.261. The lowest BCUT2D eigenvalue weighted by Gasteiger charge is -2.34. The van der Waals surface area contributed by atoms with Gasteiger partial charge in [-0.1, -0.05) is 60.1 Å². The minimum Gasteiger partial charge on any atom is -0.335 e. The lowest BCUT2D eigenvalue weighted by atomic mass is 10.2. The molecular formula is C23H23ClN8O. The second-order valence-corrected chi connectivity index (χ2v) is 8.30. The van der Waals surface area contributed by atoms with Crippen molar-refractivity contribution in [3.05, 3.63) is 83.1 Å². The Morgan fingerprint density at radius 3 is 2.45 bits per heavy atom. The molecule has 0 radical (unpaired) electrons. The van der Waals surface area contributed by atoms with Gasteiger partial charge in [0.25, 0.3) is 5.91 Å². The monoisotopic (exact) mass is 462 g/mol. The van der Waals surface area contributed by atoms with Gasteiger partial charge < -0.3 is 4.90 Å². The van der Waals surface area contributed by atoms with Crippen LogP contribution in [0.3, 0.4) is 0 Å². The van der Waals surface area contributed by atoms with E-state index in [9.17, 15) is 4.79 Å². The first-order valence-electron chi connectivity index (χ1n) is 10.8. The number of hydrogen-bond acceptors (Lipinski definition) is 6. The Hall–Kier alpha value is -3.56. The topological polar surface area (TPSA) is 85.0 Å². The van der Waals surface area contributed by atoms with E-state index in [0.717, 1.165) is 35.8 Å². The first-order chi connectivity index (χ1) is 16.2. The summed E-state index contributed by atoms with van der Waals surface area (Å²) in [4.78, 5) is 18.5. The maximum atomic E-state index is 12.9. The molecule has 1 fully saturated rings. The van der Waals surface area contributed by atoms with Crippen molar-refractivity contribution >= 4 is 17.5 Å². The average molecular weight is 463 g/mol. The van der Waals surface area contributed by atoms with Crippen molar-refractivity contribution in [3.8, 4) is 11.4 Å². The van der Waals surface area contributed by atoms with Gasteiger partial charge in [-0.2, -0.15) is 5.10 Å². The standard InChI is InChI=1S/C23H23ClN8O/c24-20-9-5-4-8-19(20)16-29-12-14-30(15-13-29)23(33)21-10-11-31(26-21)17-32-27-22(25-28-32)18-6-2-1-3-7-18/h1-11H,12-17H2. The van der Waals surface area contributed by atoms with Crippen LogP contribution in [0.4, 0.5) is 0 Å². The molecule has 1 aliphatic rings. The predicted octanol–water partition coefficient (Wildman–Crippen LogP) is 2.65. The zero-order chi connectivity index (χ0) is 22.6. The molecule has 0 N–H and O–H groups in total. The molecular weight excluding hydrogens is 440 g/mol. The van der Waals surface area contributed by atoms with E-state index in [0.29, 0.717) is 24.6 Å². The molecule has 0 bridgehead atoms. The Labute approximate surface area is 196 Å². The third kappa shape index (κ3) is 4.94. The highest BCUT2D eigenvalue weighted by Gasteiger charge is 2.24. The van der Waals surface area contributed by atoms with E-state index in [1.54, 1.807) is 16.9 Å². The van der Waals surface area contributed by atoms with Crippen LogP contribution in [0.1, 0.15) is 16.1 Å². The van der Waals surface area contributed by atoms with Crippen molar-refractivity contribution in [3.63, 3.8) is 0 Å². The smallest absolute Gasteiger partial charge is 0.274 e. The molecule has 0 atom stereocenters. The van der Waals surface area contributed by atoms with Crippen molar-refractivity contribution in [1.82, 2.24) is 39.8 Å². The van der Waals surface area contributed by atoms with Crippen LogP contribution in [0.15, 0.2) is 66.9 Å². The third-order valence-corrected chi connectivity index (χ3v) is 6.00. The SMILES string of the molecule is O=C(c1ccn(Cn2nnc(-c3ccccc3)n2)n1)N1CCN(Cc2ccccc2Cl)CC1. The lowest BCUT2D eigenvalue weighted by molar-refractivity contribution is 0.0621. The molecule has 1 amide bonds. The first-order valence-corrected chi connectivity index (χ1v) is 11.2. The van der Waals surface area contributed by atoms with Crippen LogP contribution < -0.4 is 0 Å². The highest BCUT2D eigenvalue weighted by Crippen LogP contribution is 2.18. The average Bonchev–Trinajstić information content (AvgIpc) is 3.51. The molecule has 4 aromatic rings. The molecule has 1 saturated heterocycles. The summed E-state index contributed by atoms with van der Waals surface area (Å²) in [6, 6.07) is 19.3. The highest BCUT2D eigenvalue weighted by molar-refractivity contribution is 6.31. The van der Waals surface area contributed by atoms with Gasteiger partial charge in [0.15, 0.2) is 6.67 Å². The molecule has 3 heterocycles. The molecule has 0 saturated carbocycles. The number of piperazine rings is 1. The van der Waals surface area contributed by atoms with Crippen LogP contribution in [0.2, 0.25) is 5.02 Å². The molecule has 2 aromatic carbocycles. The van der Waals surface area contributed by atoms with Gasteiger partial charge in [0.2, 0.25) is 5.82 Å². The van der Waals surface area contributed by atoms with E-state index in [1.807, 2.05) is 59.5 Å². The number of carbonyl (C=O) groups excluding carboxylic acids is 1. The van der Waals surface area contributed by atoms with Crippen LogP contribution in [0.5, 0.6) is 0 Å². The Kier molecular flexibility index (Phi) is 6.14. The maximum Gasteiger partial charge on any atom is 0.274 e. The number of tetrazole rings is 1. The van der Waals surface area contributed by atoms with Crippen LogP contribution in [0.25, 0.3) is 11.4 Å². The Balaban J connectivity index is 1.16. The summed E-state index contributed by atoms with van der Waals surface area (Å²) >= 11 is 6.28. The normalized spacial score (nSPS) is 14.5. The fourth-order valence-electron chi connectivity index (χ4n) is 3.83. The van der Waals surface area contributed by atoms with Crippen molar-refractivity contribution in [1.29, 1.82) is 0 Å². The zero-order valence-electron chi connectivity index (χ0n) is 18.0. The molecule has 33 heavy (non-hydrogen) atoms. The van der Waals surface area contributed by atoms with Gasteiger partial charge >= 0.3 is 0 Å². The van der Waals surface area contributed by atoms with E-state index < -0.39 is 0 Å². The van der Waals surface area contributed by atoms with Gasteiger partial charge in [0.1, 0.15) is 5.69 Å². The number of carbonyl (C=O) groups is 1. The van der Waals surface area contributed by atoms with E-state index in [1.165, 1.54) is 4.80 Å². The van der Waals surface area contributed by atoms with Crippen molar-refractivity contribution in [2.45, 2.75) is 13.2 Å². The highest BCUT2D eigenvalue weighted by atomic mass is 35.5. The number of benzene rings is 2. The van der Waals surface area contributed by atoms with Crippen LogP contribution in [0, 0.1) is 0 Å². The summed E-state index contributed by atoms with van der Waals surface area (Å²) in [7, 11) is 0. The second kappa shape index (κ2) is 9.51. The van der Waals surface area contributed by atoms with E-state index >= 15 is 0 Å². The molecule has 5 rings (SSSR count). The number of hydrogen-bond donors (Lipinski definition) is 0. The number of aromatic nitrogens is 6. The largest absolute Gasteiger partial charge is 0.335 e.